The summed E-state index contributed by atoms with van der Waals surface area (Å²) in [5.41, 5.74) is 2.20. The minimum absolute atomic E-state index is 0.194. The number of benzene rings is 1. The fourth-order valence-corrected chi connectivity index (χ4v) is 5.76. The lowest BCUT2D eigenvalue weighted by Gasteiger charge is -2.17. The van der Waals surface area contributed by atoms with Crippen LogP contribution in [0.5, 0.6) is 6.01 Å². The van der Waals surface area contributed by atoms with E-state index >= 15 is 4.39 Å². The highest BCUT2D eigenvalue weighted by atomic mass is 35.5. The molecule has 4 N–H and O–H groups in total. The number of aromatic nitrogens is 4. The van der Waals surface area contributed by atoms with Crippen molar-refractivity contribution < 1.29 is 28.1 Å². The molecule has 3 aliphatic rings. The lowest BCUT2D eigenvalue weighted by molar-refractivity contribution is 0.00706. The fraction of sp³-hybridized carbons (Fsp3) is 0.346. The Hall–Kier alpha value is -3.58. The van der Waals surface area contributed by atoms with E-state index in [0.717, 1.165) is 11.6 Å². The summed E-state index contributed by atoms with van der Waals surface area (Å²) in [6.45, 7) is 0.454. The topological polar surface area (TPSA) is 134 Å². The van der Waals surface area contributed by atoms with Crippen LogP contribution in [-0.4, -0.2) is 62.7 Å². The molecule has 4 aromatic rings. The van der Waals surface area contributed by atoms with Gasteiger partial charge >= 0.3 is 0 Å². The minimum atomic E-state index is -0.928. The molecule has 13 heteroatoms. The van der Waals surface area contributed by atoms with Crippen LogP contribution in [0.1, 0.15) is 23.6 Å². The van der Waals surface area contributed by atoms with Gasteiger partial charge in [-0.25, -0.2) is 13.8 Å². The molecule has 0 unspecified atom stereocenters. The maximum atomic E-state index is 15.3. The summed E-state index contributed by atoms with van der Waals surface area (Å²) in [6.07, 6.45) is 0.617. The maximum Gasteiger partial charge on any atom is 0.296 e. The summed E-state index contributed by atoms with van der Waals surface area (Å²) >= 11 is 6.51. The molecule has 3 aromatic heterocycles. The third-order valence-electron chi connectivity index (χ3n) is 7.42. The van der Waals surface area contributed by atoms with E-state index in [-0.39, 0.29) is 25.3 Å². The van der Waals surface area contributed by atoms with Crippen LogP contribution < -0.4 is 15.6 Å². The molecule has 0 bridgehead atoms. The molecular formula is C26H22ClF2N5O5. The first kappa shape index (κ1) is 24.5. The smallest absolute Gasteiger partial charge is 0.296 e. The number of aliphatic hydroxyl groups is 1. The molecule has 39 heavy (non-hydrogen) atoms. The van der Waals surface area contributed by atoms with E-state index in [1.165, 1.54) is 12.3 Å². The highest BCUT2D eigenvalue weighted by Gasteiger charge is 2.48. The van der Waals surface area contributed by atoms with Crippen LogP contribution in [0.25, 0.3) is 22.3 Å². The quantitative estimate of drug-likeness (QED) is 0.294. The van der Waals surface area contributed by atoms with Crippen LogP contribution in [0, 0.1) is 11.6 Å². The second-order valence-corrected chi connectivity index (χ2v) is 10.3. The first-order valence-electron chi connectivity index (χ1n) is 12.5. The molecular weight excluding hydrogens is 536 g/mol. The second-order valence-electron chi connectivity index (χ2n) is 9.88. The predicted octanol–water partition coefficient (Wildman–Crippen LogP) is 3.25. The molecule has 1 aromatic carbocycles. The number of rotatable bonds is 5. The zero-order valence-corrected chi connectivity index (χ0v) is 21.0. The summed E-state index contributed by atoms with van der Waals surface area (Å²) in [7, 11) is 0. The maximum absolute atomic E-state index is 15.3. The van der Waals surface area contributed by atoms with E-state index in [1.807, 2.05) is 0 Å². The number of halogens is 3. The SMILES string of the molecule is O=c1[nH]cc(-c2cc(F)c3c(c2)CC[C@@H]3Nc2nc3nc(O[C@@H]4CO[C@H]5[C@@H]4OC[C@H]5O)[nH]c3cc2Cl)cc1F. The number of hydrogen-bond donors (Lipinski definition) is 4. The van der Waals surface area contributed by atoms with Gasteiger partial charge in [0.25, 0.3) is 11.6 Å². The van der Waals surface area contributed by atoms with Crippen molar-refractivity contribution >= 4 is 28.6 Å². The van der Waals surface area contributed by atoms with Gasteiger partial charge in [0.05, 0.1) is 29.8 Å². The van der Waals surface area contributed by atoms with Gasteiger partial charge < -0.3 is 34.6 Å². The molecule has 1 aliphatic carbocycles. The van der Waals surface area contributed by atoms with Crippen molar-refractivity contribution in [3.05, 3.63) is 68.6 Å². The van der Waals surface area contributed by atoms with Crippen molar-refractivity contribution in [2.75, 3.05) is 18.5 Å². The van der Waals surface area contributed by atoms with Gasteiger partial charge in [-0.1, -0.05) is 17.7 Å². The van der Waals surface area contributed by atoms with Crippen molar-refractivity contribution in [2.45, 2.75) is 43.3 Å². The normalized spacial score (nSPS) is 25.7. The molecule has 7 rings (SSSR count). The van der Waals surface area contributed by atoms with E-state index in [0.29, 0.717) is 51.5 Å². The largest absolute Gasteiger partial charge is 0.456 e. The highest BCUT2D eigenvalue weighted by molar-refractivity contribution is 6.33. The highest BCUT2D eigenvalue weighted by Crippen LogP contribution is 2.39. The molecule has 10 nitrogen and oxygen atoms in total. The van der Waals surface area contributed by atoms with Crippen molar-refractivity contribution in [1.82, 2.24) is 19.9 Å². The van der Waals surface area contributed by atoms with Gasteiger partial charge in [0, 0.05) is 17.3 Å². The number of hydrogen-bond acceptors (Lipinski definition) is 8. The van der Waals surface area contributed by atoms with E-state index in [1.54, 1.807) is 12.1 Å². The van der Waals surface area contributed by atoms with E-state index in [2.05, 4.69) is 25.3 Å². The Bertz CT molecular complexity index is 1660. The molecule has 5 heterocycles. The summed E-state index contributed by atoms with van der Waals surface area (Å²) < 4.78 is 46.2. The molecule has 2 saturated heterocycles. The summed E-state index contributed by atoms with van der Waals surface area (Å²) in [5, 5.41) is 13.5. The summed E-state index contributed by atoms with van der Waals surface area (Å²) in [6, 6.07) is 5.70. The van der Waals surface area contributed by atoms with E-state index < -0.39 is 41.5 Å². The number of pyridine rings is 2. The zero-order valence-electron chi connectivity index (χ0n) is 20.2. The number of aromatic amines is 2. The van der Waals surface area contributed by atoms with E-state index in [4.69, 9.17) is 25.8 Å². The molecule has 202 valence electrons. The standard InChI is InChI=1S/C26H22ClF2N5O5/c27-13-6-17-24(34-26(32-17)39-19-9-38-21-18(35)8-37-22(19)21)33-23(13)31-16-2-1-10-3-11(4-14(28)20(10)16)12-5-15(29)25(36)30-7-12/h3-7,16,18-19,21-22,35H,1-2,8-9H2,(H,30,36)(H2,31,32,33,34)/t16-,18+,19+,21+,22+/m0/s1. The summed E-state index contributed by atoms with van der Waals surface area (Å²) in [5.74, 6) is -1.03. The Balaban J connectivity index is 1.12. The van der Waals surface area contributed by atoms with Gasteiger partial charge in [-0.05, 0) is 42.2 Å². The molecule has 5 atom stereocenters. The molecule has 0 radical (unpaired) electrons. The third kappa shape index (κ3) is 4.24. The van der Waals surface area contributed by atoms with Crippen LogP contribution in [0.2, 0.25) is 5.02 Å². The molecule has 0 saturated carbocycles. The van der Waals surface area contributed by atoms with Crippen LogP contribution in [0.4, 0.5) is 14.6 Å². The minimum Gasteiger partial charge on any atom is -0.456 e. The third-order valence-corrected chi connectivity index (χ3v) is 7.71. The number of nitrogens with one attached hydrogen (secondary N) is 3. The van der Waals surface area contributed by atoms with Crippen molar-refractivity contribution in [2.24, 2.45) is 0 Å². The fourth-order valence-electron chi connectivity index (χ4n) is 5.56. The Labute approximate surface area is 224 Å². The molecule has 2 fully saturated rings. The first-order valence-corrected chi connectivity index (χ1v) is 12.8. The Morgan fingerprint density at radius 1 is 1.08 bits per heavy atom. The predicted molar refractivity (Wildman–Crippen MR) is 136 cm³/mol. The zero-order chi connectivity index (χ0) is 26.8. The molecule has 0 amide bonds. The van der Waals surface area contributed by atoms with Gasteiger partial charge in [0.15, 0.2) is 17.6 Å². The van der Waals surface area contributed by atoms with Gasteiger partial charge in [-0.3, -0.25) is 4.79 Å². The lowest BCUT2D eigenvalue weighted by atomic mass is 10.00. The Morgan fingerprint density at radius 2 is 1.90 bits per heavy atom. The van der Waals surface area contributed by atoms with Crippen molar-refractivity contribution in [3.63, 3.8) is 0 Å². The first-order chi connectivity index (χ1) is 18.8. The number of aliphatic hydroxyl groups excluding tert-OH is 1. The van der Waals surface area contributed by atoms with Crippen LogP contribution >= 0.6 is 11.6 Å². The van der Waals surface area contributed by atoms with Crippen LogP contribution in [0.3, 0.4) is 0 Å². The van der Waals surface area contributed by atoms with Crippen molar-refractivity contribution in [3.8, 4) is 17.1 Å². The van der Waals surface area contributed by atoms with Gasteiger partial charge in [0.1, 0.15) is 29.9 Å². The number of imidazole rings is 1. The number of aryl methyl sites for hydroxylation is 1. The molecule has 2 aliphatic heterocycles. The van der Waals surface area contributed by atoms with Crippen LogP contribution in [-0.2, 0) is 15.9 Å². The van der Waals surface area contributed by atoms with Gasteiger partial charge in [-0.2, -0.15) is 4.98 Å². The molecule has 0 spiro atoms. The number of nitrogens with zero attached hydrogens (tertiary/aromatic N) is 2. The van der Waals surface area contributed by atoms with Gasteiger partial charge in [0.2, 0.25) is 0 Å². The van der Waals surface area contributed by atoms with E-state index in [9.17, 15) is 14.3 Å². The summed E-state index contributed by atoms with van der Waals surface area (Å²) in [4.78, 5) is 25.7. The van der Waals surface area contributed by atoms with Gasteiger partial charge in [-0.15, -0.1) is 0 Å². The number of fused-ring (bicyclic) bond motifs is 3. The average molecular weight is 558 g/mol. The van der Waals surface area contributed by atoms with Crippen LogP contribution in [0.15, 0.2) is 35.3 Å². The average Bonchev–Trinajstić information content (AvgIpc) is 3.67. The van der Waals surface area contributed by atoms with Crippen molar-refractivity contribution in [1.29, 1.82) is 0 Å². The number of ether oxygens (including phenoxy) is 3. The number of H-pyrrole nitrogens is 2. The Morgan fingerprint density at radius 3 is 2.74 bits per heavy atom. The Kier molecular flexibility index (Phi) is 5.81. The monoisotopic (exact) mass is 557 g/mol. The number of anilines is 1. The second kappa shape index (κ2) is 9.26. The lowest BCUT2D eigenvalue weighted by Crippen LogP contribution is -2.34.